The number of halogens is 2. The molecule has 3 amide bonds. The number of pyridine rings is 1. The largest absolute Gasteiger partial charge is 0.339 e. The van der Waals surface area contributed by atoms with E-state index < -0.39 is 17.9 Å². The van der Waals surface area contributed by atoms with Gasteiger partial charge in [0.05, 0.1) is 26.4 Å². The van der Waals surface area contributed by atoms with Crippen molar-refractivity contribution in [1.29, 1.82) is 0 Å². The lowest BCUT2D eigenvalue weighted by Crippen LogP contribution is -2.46. The van der Waals surface area contributed by atoms with Crippen LogP contribution in [0, 0.1) is 0 Å². The van der Waals surface area contributed by atoms with E-state index in [1.165, 1.54) is 4.90 Å². The van der Waals surface area contributed by atoms with Crippen LogP contribution in [0.2, 0.25) is 5.02 Å². The highest BCUT2D eigenvalue weighted by Crippen LogP contribution is 2.27. The topological polar surface area (TPSA) is 120 Å². The van der Waals surface area contributed by atoms with Gasteiger partial charge in [-0.25, -0.2) is 0 Å². The second-order valence-electron chi connectivity index (χ2n) is 7.13. The van der Waals surface area contributed by atoms with Gasteiger partial charge < -0.3 is 15.5 Å². The molecule has 9 nitrogen and oxygen atoms in total. The molecule has 1 atom stereocenters. The summed E-state index contributed by atoms with van der Waals surface area (Å²) in [6.07, 6.45) is 2.62. The summed E-state index contributed by atoms with van der Waals surface area (Å²) in [4.78, 5) is 44.0. The Morgan fingerprint density at radius 1 is 1.22 bits per heavy atom. The average molecular weight is 518 g/mol. The van der Waals surface area contributed by atoms with Crippen molar-refractivity contribution < 1.29 is 14.4 Å². The number of benzene rings is 1. The maximum atomic E-state index is 12.9. The van der Waals surface area contributed by atoms with E-state index in [2.05, 4.69) is 41.7 Å². The smallest absolute Gasteiger partial charge is 0.271 e. The first-order valence-corrected chi connectivity index (χ1v) is 10.9. The molecule has 2 aromatic heterocycles. The fourth-order valence-electron chi connectivity index (χ4n) is 3.43. The SMILES string of the molecule is CN1C(=O)C(NC(=O)c2[nH]nc(NC(=O)c3ccccc3Cl)c2Br)CCc2ncccc21. The van der Waals surface area contributed by atoms with Crippen LogP contribution in [0.25, 0.3) is 0 Å². The van der Waals surface area contributed by atoms with Crippen LogP contribution in [0.1, 0.15) is 33.0 Å². The Morgan fingerprint density at radius 3 is 2.78 bits per heavy atom. The van der Waals surface area contributed by atoms with Crippen molar-refractivity contribution in [2.24, 2.45) is 0 Å². The minimum atomic E-state index is -0.738. The van der Waals surface area contributed by atoms with Crippen molar-refractivity contribution in [3.05, 3.63) is 69.0 Å². The number of aryl methyl sites for hydroxylation is 1. The fourth-order valence-corrected chi connectivity index (χ4v) is 4.11. The number of likely N-dealkylation sites (N-methyl/N-ethyl adjacent to an activating group) is 1. The molecular formula is C21H18BrClN6O3. The number of carbonyl (C=O) groups excluding carboxylic acids is 3. The van der Waals surface area contributed by atoms with Crippen molar-refractivity contribution >= 4 is 56.8 Å². The zero-order valence-electron chi connectivity index (χ0n) is 16.9. The van der Waals surface area contributed by atoms with Gasteiger partial charge in [0, 0.05) is 13.2 Å². The standard InChI is InChI=1S/C21H18BrClN6O3/c1-29-15-7-4-10-24-13(15)8-9-14(21(29)32)25-20(31)17-16(22)18(28-27-17)26-19(30)11-5-2-3-6-12(11)23/h2-7,10,14H,8-9H2,1H3,(H,25,31)(H2,26,27,28,30). The first-order valence-electron chi connectivity index (χ1n) is 9.69. The van der Waals surface area contributed by atoms with Gasteiger partial charge in [-0.3, -0.25) is 24.5 Å². The van der Waals surface area contributed by atoms with Crippen molar-refractivity contribution in [3.8, 4) is 0 Å². The molecule has 0 bridgehead atoms. The van der Waals surface area contributed by atoms with E-state index in [-0.39, 0.29) is 27.5 Å². The Bertz CT molecular complexity index is 1210. The van der Waals surface area contributed by atoms with E-state index in [1.54, 1.807) is 43.6 Å². The molecule has 1 aliphatic heterocycles. The van der Waals surface area contributed by atoms with E-state index in [0.717, 1.165) is 11.4 Å². The molecule has 11 heteroatoms. The minimum absolute atomic E-state index is 0.0785. The third-order valence-corrected chi connectivity index (χ3v) is 6.22. The van der Waals surface area contributed by atoms with Crippen molar-refractivity contribution in [3.63, 3.8) is 0 Å². The molecule has 1 aromatic carbocycles. The van der Waals surface area contributed by atoms with Gasteiger partial charge in [0.15, 0.2) is 5.82 Å². The number of rotatable bonds is 4. The molecule has 0 saturated heterocycles. The number of carbonyl (C=O) groups is 3. The average Bonchev–Trinajstić information content (AvgIpc) is 3.10. The van der Waals surface area contributed by atoms with Crippen LogP contribution >= 0.6 is 27.5 Å². The predicted octanol–water partition coefficient (Wildman–Crippen LogP) is 3.18. The summed E-state index contributed by atoms with van der Waals surface area (Å²) >= 11 is 9.35. The van der Waals surface area contributed by atoms with Gasteiger partial charge in [0.2, 0.25) is 5.91 Å². The lowest BCUT2D eigenvalue weighted by Gasteiger charge is -2.21. The first-order chi connectivity index (χ1) is 15.4. The molecule has 164 valence electrons. The van der Waals surface area contributed by atoms with Crippen LogP contribution < -0.4 is 15.5 Å². The molecule has 0 aliphatic carbocycles. The monoisotopic (exact) mass is 516 g/mol. The zero-order chi connectivity index (χ0) is 22.8. The molecule has 0 fully saturated rings. The zero-order valence-corrected chi connectivity index (χ0v) is 19.2. The van der Waals surface area contributed by atoms with Gasteiger partial charge >= 0.3 is 0 Å². The molecule has 0 saturated carbocycles. The van der Waals surface area contributed by atoms with Crippen LogP contribution in [0.5, 0.6) is 0 Å². The van der Waals surface area contributed by atoms with E-state index >= 15 is 0 Å². The maximum Gasteiger partial charge on any atom is 0.271 e. The normalized spacial score (nSPS) is 15.7. The number of amides is 3. The number of aromatic nitrogens is 3. The molecule has 0 radical (unpaired) electrons. The number of nitrogens with one attached hydrogen (secondary N) is 3. The van der Waals surface area contributed by atoms with E-state index in [1.807, 2.05) is 6.07 Å². The quantitative estimate of drug-likeness (QED) is 0.491. The third kappa shape index (κ3) is 4.23. The number of H-pyrrole nitrogens is 1. The molecule has 3 heterocycles. The van der Waals surface area contributed by atoms with Gasteiger partial charge in [-0.05, 0) is 53.0 Å². The second-order valence-corrected chi connectivity index (χ2v) is 8.33. The number of nitrogens with zero attached hydrogens (tertiary/aromatic N) is 3. The van der Waals surface area contributed by atoms with Crippen LogP contribution in [0.15, 0.2) is 47.1 Å². The number of anilines is 2. The summed E-state index contributed by atoms with van der Waals surface area (Å²) in [6.45, 7) is 0. The minimum Gasteiger partial charge on any atom is -0.339 e. The number of fused-ring (bicyclic) bond motifs is 1. The Kier molecular flexibility index (Phi) is 6.24. The summed E-state index contributed by atoms with van der Waals surface area (Å²) in [7, 11) is 1.65. The summed E-state index contributed by atoms with van der Waals surface area (Å²) in [5, 5.41) is 12.2. The second kappa shape index (κ2) is 9.09. The summed E-state index contributed by atoms with van der Waals surface area (Å²) in [5.74, 6) is -1.12. The van der Waals surface area contributed by atoms with E-state index in [0.29, 0.717) is 17.9 Å². The Balaban J connectivity index is 1.48. The van der Waals surface area contributed by atoms with E-state index in [4.69, 9.17) is 11.6 Å². The highest BCUT2D eigenvalue weighted by Gasteiger charge is 2.31. The molecule has 3 N–H and O–H groups in total. The molecule has 0 spiro atoms. The molecule has 4 rings (SSSR count). The predicted molar refractivity (Wildman–Crippen MR) is 123 cm³/mol. The summed E-state index contributed by atoms with van der Waals surface area (Å²) in [5.41, 5.74) is 1.87. The van der Waals surface area contributed by atoms with Gasteiger partial charge in [0.25, 0.3) is 11.8 Å². The fraction of sp³-hybridized carbons (Fsp3) is 0.190. The van der Waals surface area contributed by atoms with Crippen LogP contribution in [0.3, 0.4) is 0 Å². The molecular weight excluding hydrogens is 500 g/mol. The number of aromatic amines is 1. The highest BCUT2D eigenvalue weighted by molar-refractivity contribution is 9.10. The lowest BCUT2D eigenvalue weighted by molar-refractivity contribution is -0.120. The van der Waals surface area contributed by atoms with Crippen LogP contribution in [0.4, 0.5) is 11.5 Å². The van der Waals surface area contributed by atoms with Crippen LogP contribution in [-0.4, -0.2) is 46.0 Å². The molecule has 3 aromatic rings. The first kappa shape index (κ1) is 22.0. The number of hydrogen-bond acceptors (Lipinski definition) is 5. The highest BCUT2D eigenvalue weighted by atomic mass is 79.9. The van der Waals surface area contributed by atoms with Gasteiger partial charge in [-0.15, -0.1) is 0 Å². The number of hydrogen-bond donors (Lipinski definition) is 3. The Labute approximate surface area is 196 Å². The molecule has 32 heavy (non-hydrogen) atoms. The molecule has 1 aliphatic rings. The van der Waals surface area contributed by atoms with Crippen molar-refractivity contribution in [1.82, 2.24) is 20.5 Å². The summed E-state index contributed by atoms with van der Waals surface area (Å²) < 4.78 is 0.259. The van der Waals surface area contributed by atoms with Gasteiger partial charge in [0.1, 0.15) is 11.7 Å². The van der Waals surface area contributed by atoms with Crippen LogP contribution in [-0.2, 0) is 11.2 Å². The Hall–Kier alpha value is -3.24. The van der Waals surface area contributed by atoms with Crippen molar-refractivity contribution in [2.75, 3.05) is 17.3 Å². The maximum absolute atomic E-state index is 12.9. The molecule has 1 unspecified atom stereocenters. The summed E-state index contributed by atoms with van der Waals surface area (Å²) in [6, 6.07) is 9.43. The van der Waals surface area contributed by atoms with Gasteiger partial charge in [-0.2, -0.15) is 5.10 Å². The van der Waals surface area contributed by atoms with Crippen molar-refractivity contribution in [2.45, 2.75) is 18.9 Å². The van der Waals surface area contributed by atoms with Gasteiger partial charge in [-0.1, -0.05) is 23.7 Å². The van der Waals surface area contributed by atoms with E-state index in [9.17, 15) is 14.4 Å². The third-order valence-electron chi connectivity index (χ3n) is 5.12. The Morgan fingerprint density at radius 2 is 2.00 bits per heavy atom. The lowest BCUT2D eigenvalue weighted by atomic mass is 10.1.